The van der Waals surface area contributed by atoms with Crippen molar-refractivity contribution in [2.45, 2.75) is 40.3 Å². The molecule has 0 atom stereocenters. The van der Waals surface area contributed by atoms with Gasteiger partial charge in [-0.05, 0) is 18.5 Å². The van der Waals surface area contributed by atoms with Crippen LogP contribution < -0.4 is 5.32 Å². The quantitative estimate of drug-likeness (QED) is 0.833. The lowest BCUT2D eigenvalue weighted by Gasteiger charge is -2.05. The Morgan fingerprint density at radius 1 is 1.42 bits per heavy atom. The topological polar surface area (TPSA) is 43.0 Å². The zero-order valence-electron chi connectivity index (χ0n) is 12.0. The van der Waals surface area contributed by atoms with Gasteiger partial charge in [-0.2, -0.15) is 0 Å². The molecule has 4 heteroatoms. The fourth-order valence-corrected chi connectivity index (χ4v) is 2.07. The Hall–Kier alpha value is -1.55. The molecule has 0 fully saturated rings. The maximum atomic E-state index is 5.61. The summed E-state index contributed by atoms with van der Waals surface area (Å²) in [7, 11) is 0. The van der Waals surface area contributed by atoms with Gasteiger partial charge in [-0.25, -0.2) is 4.98 Å². The van der Waals surface area contributed by atoms with Crippen molar-refractivity contribution in [3.05, 3.63) is 41.9 Å². The molecule has 0 saturated carbocycles. The van der Waals surface area contributed by atoms with E-state index in [1.54, 1.807) is 0 Å². The standard InChI is InChI=1S/C15H23N3O/c1-4-15-17-5-6-18(15)10-14-7-13(11-19-14)9-16-8-12(2)3/h5-7,11-12,16H,4,8-10H2,1-3H3. The lowest BCUT2D eigenvalue weighted by molar-refractivity contribution is 0.485. The van der Waals surface area contributed by atoms with E-state index in [0.717, 1.165) is 37.6 Å². The molecule has 1 N–H and O–H groups in total. The van der Waals surface area contributed by atoms with Crippen molar-refractivity contribution in [3.8, 4) is 0 Å². The first-order valence-corrected chi connectivity index (χ1v) is 6.96. The molecule has 0 unspecified atom stereocenters. The van der Waals surface area contributed by atoms with E-state index < -0.39 is 0 Å². The molecular weight excluding hydrogens is 238 g/mol. The lowest BCUT2D eigenvalue weighted by Crippen LogP contribution is -2.18. The number of furan rings is 1. The minimum Gasteiger partial charge on any atom is -0.467 e. The van der Waals surface area contributed by atoms with Gasteiger partial charge in [0.2, 0.25) is 0 Å². The minimum atomic E-state index is 0.671. The van der Waals surface area contributed by atoms with Crippen LogP contribution in [0.2, 0.25) is 0 Å². The van der Waals surface area contributed by atoms with E-state index >= 15 is 0 Å². The van der Waals surface area contributed by atoms with E-state index in [9.17, 15) is 0 Å². The minimum absolute atomic E-state index is 0.671. The molecule has 2 aromatic rings. The van der Waals surface area contributed by atoms with Gasteiger partial charge < -0.3 is 14.3 Å². The third-order valence-electron chi connectivity index (χ3n) is 3.03. The number of rotatable bonds is 7. The highest BCUT2D eigenvalue weighted by Crippen LogP contribution is 2.11. The van der Waals surface area contributed by atoms with Gasteiger partial charge in [0.05, 0.1) is 12.8 Å². The first kappa shape index (κ1) is 13.9. The Morgan fingerprint density at radius 3 is 3.00 bits per heavy atom. The molecule has 2 rings (SSSR count). The van der Waals surface area contributed by atoms with Gasteiger partial charge in [-0.15, -0.1) is 0 Å². The van der Waals surface area contributed by atoms with Gasteiger partial charge in [0.25, 0.3) is 0 Å². The Balaban J connectivity index is 1.90. The van der Waals surface area contributed by atoms with Crippen molar-refractivity contribution < 1.29 is 4.42 Å². The zero-order chi connectivity index (χ0) is 13.7. The fourth-order valence-electron chi connectivity index (χ4n) is 2.07. The van der Waals surface area contributed by atoms with Gasteiger partial charge in [0.15, 0.2) is 0 Å². The highest BCUT2D eigenvalue weighted by molar-refractivity contribution is 5.13. The molecule has 19 heavy (non-hydrogen) atoms. The van der Waals surface area contributed by atoms with Crippen LogP contribution in [0.15, 0.2) is 29.1 Å². The monoisotopic (exact) mass is 261 g/mol. The van der Waals surface area contributed by atoms with Gasteiger partial charge in [0, 0.05) is 30.9 Å². The van der Waals surface area contributed by atoms with Crippen LogP contribution in [0.5, 0.6) is 0 Å². The van der Waals surface area contributed by atoms with Crippen molar-refractivity contribution in [2.24, 2.45) is 5.92 Å². The average molecular weight is 261 g/mol. The summed E-state index contributed by atoms with van der Waals surface area (Å²) in [4.78, 5) is 4.32. The number of nitrogens with one attached hydrogen (secondary N) is 1. The normalized spacial score (nSPS) is 11.4. The Bertz CT molecular complexity index is 499. The van der Waals surface area contributed by atoms with Gasteiger partial charge in [-0.3, -0.25) is 0 Å². The second kappa shape index (κ2) is 6.57. The third kappa shape index (κ3) is 3.96. The summed E-state index contributed by atoms with van der Waals surface area (Å²) < 4.78 is 7.74. The molecule has 2 heterocycles. The number of hydrogen-bond acceptors (Lipinski definition) is 3. The van der Waals surface area contributed by atoms with E-state index in [2.05, 4.69) is 41.7 Å². The first-order chi connectivity index (χ1) is 9.19. The molecule has 104 valence electrons. The molecule has 0 aromatic carbocycles. The number of hydrogen-bond donors (Lipinski definition) is 1. The number of imidazole rings is 1. The van der Waals surface area contributed by atoms with Crippen LogP contribution in [0.1, 0.15) is 37.9 Å². The number of aromatic nitrogens is 2. The molecule has 0 aliphatic carbocycles. The maximum Gasteiger partial charge on any atom is 0.123 e. The summed E-state index contributed by atoms with van der Waals surface area (Å²) in [5, 5.41) is 3.42. The van der Waals surface area contributed by atoms with Crippen molar-refractivity contribution in [1.29, 1.82) is 0 Å². The van der Waals surface area contributed by atoms with E-state index in [4.69, 9.17) is 4.42 Å². The van der Waals surface area contributed by atoms with Crippen LogP contribution in [0.3, 0.4) is 0 Å². The third-order valence-corrected chi connectivity index (χ3v) is 3.03. The molecule has 0 saturated heterocycles. The molecule has 2 aromatic heterocycles. The van der Waals surface area contributed by atoms with E-state index in [-0.39, 0.29) is 0 Å². The summed E-state index contributed by atoms with van der Waals surface area (Å²) in [6, 6.07) is 2.12. The molecular formula is C15H23N3O. The summed E-state index contributed by atoms with van der Waals surface area (Å²) in [6.45, 7) is 9.18. The predicted molar refractivity (Wildman–Crippen MR) is 76.0 cm³/mol. The fraction of sp³-hybridized carbons (Fsp3) is 0.533. The summed E-state index contributed by atoms with van der Waals surface area (Å²) >= 11 is 0. The Kier molecular flexibility index (Phi) is 4.80. The van der Waals surface area contributed by atoms with Crippen LogP contribution in [-0.4, -0.2) is 16.1 Å². The summed E-state index contributed by atoms with van der Waals surface area (Å²) in [6.07, 6.45) is 6.62. The number of aryl methyl sites for hydroxylation is 1. The first-order valence-electron chi connectivity index (χ1n) is 6.96. The Labute approximate surface area is 114 Å². The second-order valence-corrected chi connectivity index (χ2v) is 5.27. The molecule has 0 spiro atoms. The van der Waals surface area contributed by atoms with Gasteiger partial charge >= 0.3 is 0 Å². The molecule has 4 nitrogen and oxygen atoms in total. The largest absolute Gasteiger partial charge is 0.467 e. The molecule has 0 aliphatic heterocycles. The predicted octanol–water partition coefficient (Wildman–Crippen LogP) is 2.83. The highest BCUT2D eigenvalue weighted by Gasteiger charge is 2.06. The van der Waals surface area contributed by atoms with Crippen molar-refractivity contribution in [3.63, 3.8) is 0 Å². The zero-order valence-corrected chi connectivity index (χ0v) is 12.0. The van der Waals surface area contributed by atoms with Crippen molar-refractivity contribution in [1.82, 2.24) is 14.9 Å². The number of nitrogens with zero attached hydrogens (tertiary/aromatic N) is 2. The maximum absolute atomic E-state index is 5.61. The van der Waals surface area contributed by atoms with Crippen LogP contribution in [-0.2, 0) is 19.5 Å². The van der Waals surface area contributed by atoms with Crippen molar-refractivity contribution in [2.75, 3.05) is 6.54 Å². The van der Waals surface area contributed by atoms with Crippen LogP contribution in [0.25, 0.3) is 0 Å². The van der Waals surface area contributed by atoms with Crippen LogP contribution in [0, 0.1) is 5.92 Å². The average Bonchev–Trinajstić information content (AvgIpc) is 2.98. The molecule has 0 aliphatic rings. The Morgan fingerprint density at radius 2 is 2.26 bits per heavy atom. The van der Waals surface area contributed by atoms with Crippen LogP contribution >= 0.6 is 0 Å². The smallest absolute Gasteiger partial charge is 0.123 e. The van der Waals surface area contributed by atoms with E-state index in [0.29, 0.717) is 5.92 Å². The van der Waals surface area contributed by atoms with E-state index in [1.165, 1.54) is 5.56 Å². The van der Waals surface area contributed by atoms with Crippen molar-refractivity contribution >= 4 is 0 Å². The summed E-state index contributed by atoms with van der Waals surface area (Å²) in [5.41, 5.74) is 1.20. The molecule has 0 radical (unpaired) electrons. The van der Waals surface area contributed by atoms with Gasteiger partial charge in [-0.1, -0.05) is 20.8 Å². The lowest BCUT2D eigenvalue weighted by atomic mass is 10.2. The second-order valence-electron chi connectivity index (χ2n) is 5.27. The van der Waals surface area contributed by atoms with E-state index in [1.807, 2.05) is 18.7 Å². The SMILES string of the molecule is CCc1nccn1Cc1cc(CNCC(C)C)co1. The molecule has 0 bridgehead atoms. The highest BCUT2D eigenvalue weighted by atomic mass is 16.3. The van der Waals surface area contributed by atoms with Crippen LogP contribution in [0.4, 0.5) is 0 Å². The van der Waals surface area contributed by atoms with Gasteiger partial charge in [0.1, 0.15) is 11.6 Å². The summed E-state index contributed by atoms with van der Waals surface area (Å²) in [5.74, 6) is 2.74. The molecule has 0 amide bonds.